The number of aliphatic carboxylic acids is 1. The number of nitrogens with zero attached hydrogens (tertiary/aromatic N) is 1. The lowest BCUT2D eigenvalue weighted by Crippen LogP contribution is -2.42. The molecule has 1 N–H and O–H groups in total. The largest absolute Gasteiger partial charge is 0.480 e. The first-order valence-electron chi connectivity index (χ1n) is 6.02. The molecule has 0 bridgehead atoms. The van der Waals surface area contributed by atoms with E-state index < -0.39 is 12.0 Å². The summed E-state index contributed by atoms with van der Waals surface area (Å²) in [4.78, 5) is 24.2. The number of likely N-dealkylation sites (N-methyl/N-ethyl adjacent to an activating group) is 1. The van der Waals surface area contributed by atoms with E-state index in [-0.39, 0.29) is 31.8 Å². The highest BCUT2D eigenvalue weighted by Gasteiger charge is 2.25. The number of amides is 1. The van der Waals surface area contributed by atoms with Crippen molar-refractivity contribution in [3.63, 3.8) is 0 Å². The molecule has 0 aromatic heterocycles. The van der Waals surface area contributed by atoms with Crippen molar-refractivity contribution in [2.24, 2.45) is 0 Å². The van der Waals surface area contributed by atoms with Crippen LogP contribution in [0.25, 0.3) is 0 Å². The molecule has 0 aliphatic rings. The number of rotatable bonds is 9. The number of carbonyl (C=O) groups excluding carboxylic acids is 1. The van der Waals surface area contributed by atoms with Crippen LogP contribution in [0.5, 0.6) is 0 Å². The van der Waals surface area contributed by atoms with Gasteiger partial charge in [-0.1, -0.05) is 19.8 Å². The minimum Gasteiger partial charge on any atom is -0.480 e. The van der Waals surface area contributed by atoms with E-state index >= 15 is 0 Å². The molecule has 0 rings (SSSR count). The molecule has 1 amide bonds. The van der Waals surface area contributed by atoms with Crippen molar-refractivity contribution in [3.8, 4) is 0 Å². The Hall–Kier alpha value is -0.0700. The van der Waals surface area contributed by atoms with Crippen molar-refractivity contribution in [1.82, 2.24) is 4.90 Å². The van der Waals surface area contributed by atoms with Crippen LogP contribution in [0.1, 0.15) is 39.0 Å². The lowest BCUT2D eigenvalue weighted by atomic mass is 10.1. The summed E-state index contributed by atoms with van der Waals surface area (Å²) in [7, 11) is 1.59. The van der Waals surface area contributed by atoms with Crippen LogP contribution in [0.3, 0.4) is 0 Å². The molecule has 0 radical (unpaired) electrons. The predicted octanol–water partition coefficient (Wildman–Crippen LogP) is 2.77. The van der Waals surface area contributed by atoms with Crippen LogP contribution in [0.2, 0.25) is 0 Å². The number of thioether (sulfide) groups is 1. The molecular formula is C12H26ClNO3S2. The highest BCUT2D eigenvalue weighted by molar-refractivity contribution is 7.98. The molecule has 116 valence electrons. The van der Waals surface area contributed by atoms with Gasteiger partial charge in [0, 0.05) is 13.5 Å². The number of halogens is 1. The maximum absolute atomic E-state index is 11.8. The normalized spacial score (nSPS) is 10.9. The van der Waals surface area contributed by atoms with Crippen LogP contribution in [-0.4, -0.2) is 47.0 Å². The van der Waals surface area contributed by atoms with Gasteiger partial charge in [0.15, 0.2) is 0 Å². The fraction of sp³-hybridized carbons (Fsp3) is 0.833. The zero-order chi connectivity index (χ0) is 13.3. The molecule has 0 spiro atoms. The Morgan fingerprint density at radius 2 is 1.89 bits per heavy atom. The SMILES string of the molecule is CCCCCC(=O)N(C)[C@@H](CCSC)C(=O)O.Cl.S. The first-order valence-corrected chi connectivity index (χ1v) is 7.41. The highest BCUT2D eigenvalue weighted by Crippen LogP contribution is 2.10. The maximum Gasteiger partial charge on any atom is 0.326 e. The van der Waals surface area contributed by atoms with Crippen LogP contribution in [-0.2, 0) is 9.59 Å². The molecule has 0 aromatic rings. The summed E-state index contributed by atoms with van der Waals surface area (Å²) in [6.07, 6.45) is 5.81. The summed E-state index contributed by atoms with van der Waals surface area (Å²) < 4.78 is 0. The molecule has 7 heteroatoms. The van der Waals surface area contributed by atoms with E-state index in [4.69, 9.17) is 5.11 Å². The summed E-state index contributed by atoms with van der Waals surface area (Å²) in [5, 5.41) is 9.09. The number of unbranched alkanes of at least 4 members (excludes halogenated alkanes) is 2. The van der Waals surface area contributed by atoms with Gasteiger partial charge in [-0.25, -0.2) is 4.79 Å². The van der Waals surface area contributed by atoms with E-state index in [2.05, 4.69) is 6.92 Å². The zero-order valence-corrected chi connectivity index (χ0v) is 14.5. The van der Waals surface area contributed by atoms with E-state index in [0.29, 0.717) is 12.8 Å². The third-order valence-corrected chi connectivity index (χ3v) is 3.38. The van der Waals surface area contributed by atoms with Gasteiger partial charge in [0.25, 0.3) is 0 Å². The number of hydrogen-bond donors (Lipinski definition) is 1. The fourth-order valence-electron chi connectivity index (χ4n) is 1.59. The molecule has 0 saturated carbocycles. The maximum atomic E-state index is 11.8. The number of hydrogen-bond acceptors (Lipinski definition) is 3. The van der Waals surface area contributed by atoms with Gasteiger partial charge in [0.05, 0.1) is 0 Å². The first kappa shape index (κ1) is 24.0. The Morgan fingerprint density at radius 1 is 1.32 bits per heavy atom. The van der Waals surface area contributed by atoms with Crippen LogP contribution in [0.15, 0.2) is 0 Å². The summed E-state index contributed by atoms with van der Waals surface area (Å²) in [5.41, 5.74) is 0. The van der Waals surface area contributed by atoms with Gasteiger partial charge in [-0.3, -0.25) is 4.79 Å². The minimum atomic E-state index is -0.912. The molecule has 0 aromatic carbocycles. The van der Waals surface area contributed by atoms with Crippen molar-refractivity contribution in [1.29, 1.82) is 0 Å². The number of carboxylic acid groups (broad SMARTS) is 1. The van der Waals surface area contributed by atoms with Crippen LogP contribution >= 0.6 is 37.7 Å². The summed E-state index contributed by atoms with van der Waals surface area (Å²) in [5.74, 6) is -0.221. The van der Waals surface area contributed by atoms with Gasteiger partial charge in [-0.2, -0.15) is 25.3 Å². The smallest absolute Gasteiger partial charge is 0.326 e. The lowest BCUT2D eigenvalue weighted by Gasteiger charge is -2.24. The average Bonchev–Trinajstić information content (AvgIpc) is 2.29. The molecule has 4 nitrogen and oxygen atoms in total. The van der Waals surface area contributed by atoms with Crippen molar-refractivity contribution in [3.05, 3.63) is 0 Å². The first-order chi connectivity index (χ1) is 8.04. The van der Waals surface area contributed by atoms with E-state index in [1.54, 1.807) is 18.8 Å². The van der Waals surface area contributed by atoms with Gasteiger partial charge in [0.2, 0.25) is 5.91 Å². The van der Waals surface area contributed by atoms with Gasteiger partial charge in [0.1, 0.15) is 6.04 Å². The standard InChI is InChI=1S/C12H23NO3S.ClH.H2S/c1-4-5-6-7-11(14)13(2)10(12(15)16)8-9-17-3;;/h10H,4-9H2,1-3H3,(H,15,16);1H;1H2/t10-;;/m0../s1. The van der Waals surface area contributed by atoms with Gasteiger partial charge < -0.3 is 10.0 Å². The Balaban J connectivity index is -0.00000128. The van der Waals surface area contributed by atoms with E-state index in [9.17, 15) is 9.59 Å². The van der Waals surface area contributed by atoms with Crippen LogP contribution < -0.4 is 0 Å². The van der Waals surface area contributed by atoms with Crippen molar-refractivity contribution in [2.75, 3.05) is 19.1 Å². The molecule has 1 atom stereocenters. The Kier molecular flexibility index (Phi) is 18.1. The predicted molar refractivity (Wildman–Crippen MR) is 89.0 cm³/mol. The second-order valence-corrected chi connectivity index (χ2v) is 5.08. The second kappa shape index (κ2) is 14.3. The average molecular weight is 332 g/mol. The molecule has 0 saturated heterocycles. The number of carboxylic acids is 1. The Labute approximate surface area is 133 Å². The Bertz CT molecular complexity index is 255. The summed E-state index contributed by atoms with van der Waals surface area (Å²) in [6.45, 7) is 2.08. The third kappa shape index (κ3) is 10.4. The van der Waals surface area contributed by atoms with E-state index in [0.717, 1.165) is 25.0 Å². The topological polar surface area (TPSA) is 57.6 Å². The molecule has 0 unspecified atom stereocenters. The zero-order valence-electron chi connectivity index (χ0n) is 11.8. The van der Waals surface area contributed by atoms with Gasteiger partial charge >= 0.3 is 5.97 Å². The molecule has 0 aliphatic carbocycles. The van der Waals surface area contributed by atoms with Crippen LogP contribution in [0.4, 0.5) is 0 Å². The monoisotopic (exact) mass is 331 g/mol. The van der Waals surface area contributed by atoms with E-state index in [1.165, 1.54) is 4.90 Å². The van der Waals surface area contributed by atoms with Gasteiger partial charge in [-0.05, 0) is 24.9 Å². The molecule has 19 heavy (non-hydrogen) atoms. The summed E-state index contributed by atoms with van der Waals surface area (Å²) in [6, 6.07) is -0.684. The highest BCUT2D eigenvalue weighted by atomic mass is 35.5. The lowest BCUT2D eigenvalue weighted by molar-refractivity contribution is -0.149. The molecule has 0 fully saturated rings. The molecular weight excluding hydrogens is 306 g/mol. The number of carbonyl (C=O) groups is 2. The van der Waals surface area contributed by atoms with Crippen molar-refractivity contribution < 1.29 is 14.7 Å². The second-order valence-electron chi connectivity index (χ2n) is 4.10. The Morgan fingerprint density at radius 3 is 2.32 bits per heavy atom. The fourth-order valence-corrected chi connectivity index (χ4v) is 2.05. The molecule has 0 aliphatic heterocycles. The van der Waals surface area contributed by atoms with Crippen molar-refractivity contribution in [2.45, 2.75) is 45.1 Å². The quantitative estimate of drug-likeness (QED) is 0.660. The van der Waals surface area contributed by atoms with E-state index in [1.807, 2.05) is 6.26 Å². The van der Waals surface area contributed by atoms with Crippen molar-refractivity contribution >= 4 is 49.5 Å². The minimum absolute atomic E-state index is 0. The summed E-state index contributed by atoms with van der Waals surface area (Å²) >= 11 is 1.60. The molecule has 0 heterocycles. The van der Waals surface area contributed by atoms with Gasteiger partial charge in [-0.15, -0.1) is 12.4 Å². The van der Waals surface area contributed by atoms with Crippen LogP contribution in [0, 0.1) is 0 Å². The third-order valence-electron chi connectivity index (χ3n) is 2.74.